The molecule has 0 aromatic carbocycles. The van der Waals surface area contributed by atoms with Crippen LogP contribution in [0.4, 0.5) is 4.79 Å². The maximum atomic E-state index is 10.7. The van der Waals surface area contributed by atoms with Gasteiger partial charge in [-0.3, -0.25) is 0 Å². The molecule has 1 aromatic heterocycles. The number of carbonyl (C=O) groups excluding carboxylic acids is 1. The lowest BCUT2D eigenvalue weighted by Gasteiger charge is -2.03. The fourth-order valence-electron chi connectivity index (χ4n) is 1.77. The normalized spacial score (nSPS) is 19.6. The van der Waals surface area contributed by atoms with Crippen molar-refractivity contribution in [3.05, 3.63) is 18.7 Å². The molecule has 1 saturated heterocycles. The quantitative estimate of drug-likeness (QED) is 0.557. The molecule has 88 valence electrons. The first-order valence-electron chi connectivity index (χ1n) is 5.66. The fraction of sp³-hybridized carbons (Fsp3) is 0.636. The molecule has 2 rings (SSSR count). The number of hydrogen-bond donors (Lipinski definition) is 0. The number of cyclic esters (lactones) is 2. The molecule has 5 nitrogen and oxygen atoms in total. The molecule has 5 heteroatoms. The van der Waals surface area contributed by atoms with Crippen LogP contribution < -0.4 is 4.57 Å². The van der Waals surface area contributed by atoms with Crippen molar-refractivity contribution < 1.29 is 18.8 Å². The summed E-state index contributed by atoms with van der Waals surface area (Å²) >= 11 is 0. The molecule has 0 N–H and O–H groups in total. The summed E-state index contributed by atoms with van der Waals surface area (Å²) in [5.74, 6) is 0. The van der Waals surface area contributed by atoms with Crippen LogP contribution in [0.3, 0.4) is 0 Å². The second-order valence-corrected chi connectivity index (χ2v) is 3.92. The van der Waals surface area contributed by atoms with Crippen molar-refractivity contribution in [2.24, 2.45) is 0 Å². The zero-order valence-electron chi connectivity index (χ0n) is 9.46. The molecule has 1 aliphatic heterocycles. The lowest BCUT2D eigenvalue weighted by atomic mass is 10.2. The van der Waals surface area contributed by atoms with E-state index in [1.165, 1.54) is 0 Å². The van der Waals surface area contributed by atoms with E-state index in [0.29, 0.717) is 6.61 Å². The van der Waals surface area contributed by atoms with Crippen molar-refractivity contribution in [3.8, 4) is 0 Å². The Labute approximate surface area is 94.6 Å². The number of carbonyl (C=O) groups is 1. The number of nitrogens with zero attached hydrogens (tertiary/aromatic N) is 2. The average Bonchev–Trinajstić information content (AvgIpc) is 2.88. The summed E-state index contributed by atoms with van der Waals surface area (Å²) in [6.45, 7) is 4.45. The van der Waals surface area contributed by atoms with Crippen molar-refractivity contribution in [2.75, 3.05) is 6.61 Å². The Kier molecular flexibility index (Phi) is 3.44. The van der Waals surface area contributed by atoms with E-state index < -0.39 is 6.16 Å². The van der Waals surface area contributed by atoms with Crippen LogP contribution in [0.1, 0.15) is 19.8 Å². The molecule has 1 atom stereocenters. The molecule has 16 heavy (non-hydrogen) atoms. The molecule has 0 bridgehead atoms. The standard InChI is InChI=1S/C11H17N2O3/c1-2-12-6-7-13(9-12)5-3-4-10-8-15-11(14)16-10/h6-7,9-10H,2-5,8H2,1H3/q+1. The Bertz CT molecular complexity index is 362. The molecule has 0 spiro atoms. The van der Waals surface area contributed by atoms with E-state index in [1.807, 2.05) is 0 Å². The highest BCUT2D eigenvalue weighted by molar-refractivity contribution is 5.61. The summed E-state index contributed by atoms with van der Waals surface area (Å²) in [7, 11) is 0. The summed E-state index contributed by atoms with van der Waals surface area (Å²) in [4.78, 5) is 10.7. The van der Waals surface area contributed by atoms with Crippen molar-refractivity contribution in [1.82, 2.24) is 4.57 Å². The number of imidazole rings is 1. The summed E-state index contributed by atoms with van der Waals surface area (Å²) in [5, 5.41) is 0. The van der Waals surface area contributed by atoms with Crippen LogP contribution in [0, 0.1) is 0 Å². The molecular formula is C11H17N2O3+. The van der Waals surface area contributed by atoms with Crippen molar-refractivity contribution >= 4 is 6.16 Å². The van der Waals surface area contributed by atoms with Gasteiger partial charge in [0.15, 0.2) is 0 Å². The Balaban J connectivity index is 1.69. The van der Waals surface area contributed by atoms with E-state index >= 15 is 0 Å². The van der Waals surface area contributed by atoms with Gasteiger partial charge in [0, 0.05) is 0 Å². The van der Waals surface area contributed by atoms with E-state index in [0.717, 1.165) is 25.9 Å². The molecule has 1 fully saturated rings. The minimum atomic E-state index is -0.533. The molecule has 0 aliphatic carbocycles. The van der Waals surface area contributed by atoms with Gasteiger partial charge in [-0.25, -0.2) is 13.9 Å². The van der Waals surface area contributed by atoms with Gasteiger partial charge >= 0.3 is 6.16 Å². The zero-order valence-corrected chi connectivity index (χ0v) is 9.46. The van der Waals surface area contributed by atoms with Gasteiger partial charge in [-0.2, -0.15) is 0 Å². The molecule has 1 unspecified atom stereocenters. The van der Waals surface area contributed by atoms with Crippen LogP contribution in [0.2, 0.25) is 0 Å². The Morgan fingerprint density at radius 3 is 3.12 bits per heavy atom. The summed E-state index contributed by atoms with van der Waals surface area (Å²) in [5.41, 5.74) is 0. The summed E-state index contributed by atoms with van der Waals surface area (Å²) < 4.78 is 13.9. The van der Waals surface area contributed by atoms with Crippen LogP contribution in [0.25, 0.3) is 0 Å². The minimum Gasteiger partial charge on any atom is -0.430 e. The van der Waals surface area contributed by atoms with Gasteiger partial charge < -0.3 is 9.47 Å². The maximum absolute atomic E-state index is 10.7. The smallest absolute Gasteiger partial charge is 0.430 e. The monoisotopic (exact) mass is 225 g/mol. The Hall–Kier alpha value is -1.52. The third-order valence-corrected chi connectivity index (χ3v) is 2.70. The number of hydrogen-bond acceptors (Lipinski definition) is 3. The highest BCUT2D eigenvalue weighted by Crippen LogP contribution is 2.11. The van der Waals surface area contributed by atoms with Gasteiger partial charge in [-0.05, 0) is 19.8 Å². The highest BCUT2D eigenvalue weighted by atomic mass is 16.8. The molecule has 2 heterocycles. The number of aromatic nitrogens is 2. The second kappa shape index (κ2) is 5.01. The van der Waals surface area contributed by atoms with E-state index in [1.54, 1.807) is 0 Å². The van der Waals surface area contributed by atoms with Gasteiger partial charge in [0.05, 0.1) is 13.1 Å². The zero-order chi connectivity index (χ0) is 11.4. The topological polar surface area (TPSA) is 44.3 Å². The summed E-state index contributed by atoms with van der Waals surface area (Å²) in [6, 6.07) is 0. The number of rotatable bonds is 5. The lowest BCUT2D eigenvalue weighted by Crippen LogP contribution is -2.31. The third kappa shape index (κ3) is 2.74. The number of ether oxygens (including phenoxy) is 2. The first-order valence-corrected chi connectivity index (χ1v) is 5.66. The van der Waals surface area contributed by atoms with Crippen molar-refractivity contribution in [2.45, 2.75) is 39.0 Å². The minimum absolute atomic E-state index is 0.0543. The first kappa shape index (κ1) is 11.0. The summed E-state index contributed by atoms with van der Waals surface area (Å²) in [6.07, 6.45) is 7.45. The molecule has 1 aromatic rings. The van der Waals surface area contributed by atoms with Gasteiger partial charge in [-0.15, -0.1) is 0 Å². The van der Waals surface area contributed by atoms with Gasteiger partial charge in [0.1, 0.15) is 25.1 Å². The molecule has 0 saturated carbocycles. The number of aryl methyl sites for hydroxylation is 2. The third-order valence-electron chi connectivity index (χ3n) is 2.70. The van der Waals surface area contributed by atoms with Crippen molar-refractivity contribution in [3.63, 3.8) is 0 Å². The Morgan fingerprint density at radius 2 is 2.50 bits per heavy atom. The van der Waals surface area contributed by atoms with E-state index in [-0.39, 0.29) is 6.10 Å². The first-order chi connectivity index (χ1) is 7.78. The lowest BCUT2D eigenvalue weighted by molar-refractivity contribution is -0.697. The maximum Gasteiger partial charge on any atom is 0.508 e. The molecule has 0 amide bonds. The van der Waals surface area contributed by atoms with Crippen LogP contribution in [0.15, 0.2) is 18.7 Å². The van der Waals surface area contributed by atoms with Crippen LogP contribution in [-0.4, -0.2) is 23.4 Å². The van der Waals surface area contributed by atoms with E-state index in [2.05, 4.69) is 34.8 Å². The van der Waals surface area contributed by atoms with Crippen LogP contribution in [-0.2, 0) is 22.6 Å². The van der Waals surface area contributed by atoms with E-state index in [4.69, 9.17) is 9.47 Å². The molecular weight excluding hydrogens is 208 g/mol. The molecule has 0 radical (unpaired) electrons. The SMILES string of the molecule is CCn1cc[n+](CCCC2COC(=O)O2)c1. The van der Waals surface area contributed by atoms with E-state index in [9.17, 15) is 4.79 Å². The van der Waals surface area contributed by atoms with Crippen molar-refractivity contribution in [1.29, 1.82) is 0 Å². The average molecular weight is 225 g/mol. The largest absolute Gasteiger partial charge is 0.508 e. The van der Waals surface area contributed by atoms with Crippen LogP contribution >= 0.6 is 0 Å². The fourth-order valence-corrected chi connectivity index (χ4v) is 1.77. The van der Waals surface area contributed by atoms with Gasteiger partial charge in [-0.1, -0.05) is 0 Å². The predicted octanol–water partition coefficient (Wildman–Crippen LogP) is 1.11. The van der Waals surface area contributed by atoms with Gasteiger partial charge in [0.2, 0.25) is 6.33 Å². The second-order valence-electron chi connectivity index (χ2n) is 3.92. The van der Waals surface area contributed by atoms with Crippen LogP contribution in [0.5, 0.6) is 0 Å². The predicted molar refractivity (Wildman–Crippen MR) is 55.8 cm³/mol. The van der Waals surface area contributed by atoms with Gasteiger partial charge in [0.25, 0.3) is 0 Å². The molecule has 1 aliphatic rings. The highest BCUT2D eigenvalue weighted by Gasteiger charge is 2.24. The Morgan fingerprint density at radius 1 is 1.62 bits per heavy atom.